The van der Waals surface area contributed by atoms with E-state index in [2.05, 4.69) is 16.7 Å². The standard InChI is InChI=1S/C12H20N2O.ClH/c15-12(11-3-1-2-4-11)14-9-10-5-7-13-8-6-10;/h5,11,13H,1-4,6-9H2,(H,14,15);1H. The highest BCUT2D eigenvalue weighted by Crippen LogP contribution is 2.24. The number of nitrogens with one attached hydrogen (secondary N) is 2. The van der Waals surface area contributed by atoms with E-state index in [0.29, 0.717) is 5.92 Å². The molecule has 0 spiro atoms. The van der Waals surface area contributed by atoms with E-state index in [4.69, 9.17) is 0 Å². The Bertz CT molecular complexity index is 260. The third-order valence-corrected chi connectivity index (χ3v) is 3.37. The molecule has 0 saturated heterocycles. The molecule has 1 amide bonds. The van der Waals surface area contributed by atoms with Gasteiger partial charge < -0.3 is 10.6 Å². The molecule has 3 nitrogen and oxygen atoms in total. The van der Waals surface area contributed by atoms with Crippen LogP contribution in [0.15, 0.2) is 11.6 Å². The summed E-state index contributed by atoms with van der Waals surface area (Å²) >= 11 is 0. The Morgan fingerprint density at radius 3 is 2.81 bits per heavy atom. The lowest BCUT2D eigenvalue weighted by Crippen LogP contribution is -2.33. The average Bonchev–Trinajstić information content (AvgIpc) is 2.81. The van der Waals surface area contributed by atoms with Gasteiger partial charge in [-0.15, -0.1) is 12.4 Å². The summed E-state index contributed by atoms with van der Waals surface area (Å²) in [6.07, 6.45) is 7.90. The van der Waals surface area contributed by atoms with Crippen LogP contribution < -0.4 is 10.6 Å². The first-order valence-corrected chi connectivity index (χ1v) is 6.02. The van der Waals surface area contributed by atoms with Gasteiger partial charge in [0.05, 0.1) is 0 Å². The molecular weight excluding hydrogens is 224 g/mol. The molecule has 0 aromatic carbocycles. The number of hydrogen-bond acceptors (Lipinski definition) is 2. The van der Waals surface area contributed by atoms with Crippen LogP contribution in [0.3, 0.4) is 0 Å². The maximum absolute atomic E-state index is 11.7. The molecule has 1 fully saturated rings. The van der Waals surface area contributed by atoms with Gasteiger partial charge in [0.2, 0.25) is 5.91 Å². The fourth-order valence-corrected chi connectivity index (χ4v) is 2.36. The molecular formula is C12H21ClN2O. The van der Waals surface area contributed by atoms with Crippen molar-refractivity contribution in [1.29, 1.82) is 0 Å². The van der Waals surface area contributed by atoms with Crippen LogP contribution in [0.25, 0.3) is 0 Å². The highest BCUT2D eigenvalue weighted by molar-refractivity contribution is 5.85. The Morgan fingerprint density at radius 2 is 2.19 bits per heavy atom. The monoisotopic (exact) mass is 244 g/mol. The van der Waals surface area contributed by atoms with E-state index in [-0.39, 0.29) is 18.3 Å². The molecule has 1 saturated carbocycles. The van der Waals surface area contributed by atoms with Gasteiger partial charge in [-0.2, -0.15) is 0 Å². The molecule has 0 unspecified atom stereocenters. The van der Waals surface area contributed by atoms with Gasteiger partial charge in [0.15, 0.2) is 0 Å². The number of halogens is 1. The molecule has 0 aromatic heterocycles. The Kier molecular flexibility index (Phi) is 5.85. The lowest BCUT2D eigenvalue weighted by Gasteiger charge is -2.16. The topological polar surface area (TPSA) is 41.1 Å². The van der Waals surface area contributed by atoms with Crippen molar-refractivity contribution >= 4 is 18.3 Å². The van der Waals surface area contributed by atoms with Gasteiger partial charge in [0.25, 0.3) is 0 Å². The first-order chi connectivity index (χ1) is 7.36. The van der Waals surface area contributed by atoms with Crippen LogP contribution in [-0.4, -0.2) is 25.5 Å². The lowest BCUT2D eigenvalue weighted by molar-refractivity contribution is -0.124. The average molecular weight is 245 g/mol. The Labute approximate surface area is 103 Å². The van der Waals surface area contributed by atoms with Crippen molar-refractivity contribution < 1.29 is 4.79 Å². The molecule has 0 bridgehead atoms. The molecule has 1 heterocycles. The summed E-state index contributed by atoms with van der Waals surface area (Å²) in [5.74, 6) is 0.569. The maximum Gasteiger partial charge on any atom is 0.223 e. The van der Waals surface area contributed by atoms with Gasteiger partial charge in [-0.1, -0.05) is 24.5 Å². The van der Waals surface area contributed by atoms with Crippen LogP contribution in [0, 0.1) is 5.92 Å². The Balaban J connectivity index is 0.00000128. The Hall–Kier alpha value is -0.540. The smallest absolute Gasteiger partial charge is 0.223 e. The van der Waals surface area contributed by atoms with E-state index in [0.717, 1.165) is 38.9 Å². The molecule has 2 N–H and O–H groups in total. The third-order valence-electron chi connectivity index (χ3n) is 3.37. The van der Waals surface area contributed by atoms with Gasteiger partial charge in [-0.3, -0.25) is 4.79 Å². The van der Waals surface area contributed by atoms with Crippen molar-refractivity contribution in [1.82, 2.24) is 10.6 Å². The van der Waals surface area contributed by atoms with Crippen molar-refractivity contribution in [3.05, 3.63) is 11.6 Å². The van der Waals surface area contributed by atoms with Crippen LogP contribution in [0.4, 0.5) is 0 Å². The molecule has 0 radical (unpaired) electrons. The fourth-order valence-electron chi connectivity index (χ4n) is 2.36. The first kappa shape index (κ1) is 13.5. The van der Waals surface area contributed by atoms with E-state index in [9.17, 15) is 4.79 Å². The number of carbonyl (C=O) groups excluding carboxylic acids is 1. The largest absolute Gasteiger partial charge is 0.352 e. The van der Waals surface area contributed by atoms with Gasteiger partial charge in [-0.25, -0.2) is 0 Å². The minimum absolute atomic E-state index is 0. The second-order valence-corrected chi connectivity index (χ2v) is 4.52. The second kappa shape index (κ2) is 6.92. The van der Waals surface area contributed by atoms with E-state index >= 15 is 0 Å². The van der Waals surface area contributed by atoms with Crippen LogP contribution >= 0.6 is 12.4 Å². The SMILES string of the molecule is Cl.O=C(NCC1=CCNCC1)C1CCCC1. The molecule has 4 heteroatoms. The highest BCUT2D eigenvalue weighted by Gasteiger charge is 2.22. The summed E-state index contributed by atoms with van der Waals surface area (Å²) in [6, 6.07) is 0. The lowest BCUT2D eigenvalue weighted by atomic mass is 10.1. The number of carbonyl (C=O) groups is 1. The van der Waals surface area contributed by atoms with E-state index < -0.39 is 0 Å². The van der Waals surface area contributed by atoms with Gasteiger partial charge in [0.1, 0.15) is 0 Å². The zero-order chi connectivity index (χ0) is 10.5. The van der Waals surface area contributed by atoms with Crippen LogP contribution in [0.2, 0.25) is 0 Å². The zero-order valence-corrected chi connectivity index (χ0v) is 10.4. The molecule has 16 heavy (non-hydrogen) atoms. The molecule has 0 atom stereocenters. The van der Waals surface area contributed by atoms with Crippen molar-refractivity contribution in [3.63, 3.8) is 0 Å². The first-order valence-electron chi connectivity index (χ1n) is 6.02. The molecule has 0 aromatic rings. The van der Waals surface area contributed by atoms with E-state index in [1.807, 2.05) is 0 Å². The highest BCUT2D eigenvalue weighted by atomic mass is 35.5. The predicted molar refractivity (Wildman–Crippen MR) is 67.8 cm³/mol. The van der Waals surface area contributed by atoms with Crippen LogP contribution in [-0.2, 0) is 4.79 Å². The molecule has 2 rings (SSSR count). The molecule has 1 aliphatic heterocycles. The fraction of sp³-hybridized carbons (Fsp3) is 0.750. The van der Waals surface area contributed by atoms with Crippen molar-refractivity contribution in [2.45, 2.75) is 32.1 Å². The van der Waals surface area contributed by atoms with Crippen molar-refractivity contribution in [3.8, 4) is 0 Å². The summed E-state index contributed by atoms with van der Waals surface area (Å²) in [5, 5.41) is 6.33. The third kappa shape index (κ3) is 3.80. The minimum atomic E-state index is 0. The summed E-state index contributed by atoms with van der Waals surface area (Å²) in [6.45, 7) is 2.76. The van der Waals surface area contributed by atoms with Gasteiger partial charge >= 0.3 is 0 Å². The number of amides is 1. The van der Waals surface area contributed by atoms with Crippen LogP contribution in [0.5, 0.6) is 0 Å². The summed E-state index contributed by atoms with van der Waals surface area (Å²) in [7, 11) is 0. The Morgan fingerprint density at radius 1 is 1.44 bits per heavy atom. The van der Waals surface area contributed by atoms with Gasteiger partial charge in [-0.05, 0) is 25.8 Å². The number of hydrogen-bond donors (Lipinski definition) is 2. The summed E-state index contributed by atoms with van der Waals surface area (Å²) < 4.78 is 0. The van der Waals surface area contributed by atoms with E-state index in [1.165, 1.54) is 18.4 Å². The van der Waals surface area contributed by atoms with Crippen molar-refractivity contribution in [2.24, 2.45) is 5.92 Å². The molecule has 92 valence electrons. The molecule has 2 aliphatic rings. The normalized spacial score (nSPS) is 21.1. The van der Waals surface area contributed by atoms with Crippen LogP contribution in [0.1, 0.15) is 32.1 Å². The minimum Gasteiger partial charge on any atom is -0.352 e. The predicted octanol–water partition coefficient (Wildman–Crippen LogP) is 1.63. The van der Waals surface area contributed by atoms with E-state index in [1.54, 1.807) is 0 Å². The van der Waals surface area contributed by atoms with Crippen molar-refractivity contribution in [2.75, 3.05) is 19.6 Å². The zero-order valence-electron chi connectivity index (χ0n) is 9.63. The summed E-state index contributed by atoms with van der Waals surface area (Å²) in [5.41, 5.74) is 1.38. The second-order valence-electron chi connectivity index (χ2n) is 4.52. The van der Waals surface area contributed by atoms with Gasteiger partial charge in [0, 0.05) is 19.0 Å². The number of rotatable bonds is 3. The molecule has 1 aliphatic carbocycles. The summed E-state index contributed by atoms with van der Waals surface area (Å²) in [4.78, 5) is 11.7. The maximum atomic E-state index is 11.7. The quantitative estimate of drug-likeness (QED) is 0.741.